The molecule has 0 saturated carbocycles. The summed E-state index contributed by atoms with van der Waals surface area (Å²) in [7, 11) is 0. The molecule has 0 unspecified atom stereocenters. The highest BCUT2D eigenvalue weighted by Crippen LogP contribution is 2.22. The van der Waals surface area contributed by atoms with Crippen LogP contribution in [0, 0.1) is 0 Å². The average molecular weight is 343 g/mol. The standard InChI is InChI=1S/C15H22BrNO3/c1-15(2,3)17(14(19)20)13(8-9-18)10-11-4-6-12(16)7-5-11/h4-7,13,18H,8-10H2,1-3H3,(H,19,20)/p-1/t13-/m1/s1. The largest absolute Gasteiger partial charge is 0.530 e. The minimum absolute atomic E-state index is 0.0545. The number of carbonyl (C=O) groups is 1. The normalized spacial score (nSPS) is 13.1. The number of rotatable bonds is 5. The number of carboxylic acid groups (broad SMARTS) is 1. The van der Waals surface area contributed by atoms with Crippen molar-refractivity contribution in [1.29, 1.82) is 0 Å². The first kappa shape index (κ1) is 17.0. The van der Waals surface area contributed by atoms with Gasteiger partial charge >= 0.3 is 0 Å². The Morgan fingerprint density at radius 1 is 1.35 bits per heavy atom. The van der Waals surface area contributed by atoms with Crippen molar-refractivity contribution in [3.05, 3.63) is 34.3 Å². The molecule has 1 aromatic rings. The Hall–Kier alpha value is -1.07. The van der Waals surface area contributed by atoms with Crippen molar-refractivity contribution >= 4 is 22.0 Å². The van der Waals surface area contributed by atoms with E-state index >= 15 is 0 Å². The van der Waals surface area contributed by atoms with E-state index in [1.54, 1.807) is 0 Å². The Morgan fingerprint density at radius 2 is 1.90 bits per heavy atom. The Labute approximate surface area is 128 Å². The summed E-state index contributed by atoms with van der Waals surface area (Å²) in [5, 5.41) is 20.6. The molecule has 20 heavy (non-hydrogen) atoms. The Balaban J connectivity index is 2.97. The Bertz CT molecular complexity index is 439. The number of carbonyl (C=O) groups excluding carboxylic acids is 1. The minimum Gasteiger partial charge on any atom is -0.530 e. The van der Waals surface area contributed by atoms with Crippen LogP contribution in [0.4, 0.5) is 4.79 Å². The van der Waals surface area contributed by atoms with E-state index in [0.29, 0.717) is 12.8 Å². The van der Waals surface area contributed by atoms with Gasteiger partial charge in [0.1, 0.15) is 6.09 Å². The lowest BCUT2D eigenvalue weighted by molar-refractivity contribution is -0.273. The van der Waals surface area contributed by atoms with Crippen LogP contribution in [-0.4, -0.2) is 34.3 Å². The van der Waals surface area contributed by atoms with Gasteiger partial charge in [-0.15, -0.1) is 0 Å². The van der Waals surface area contributed by atoms with Gasteiger partial charge in [0.25, 0.3) is 0 Å². The van der Waals surface area contributed by atoms with Gasteiger partial charge in [-0.3, -0.25) is 0 Å². The molecule has 0 aliphatic carbocycles. The minimum atomic E-state index is -1.20. The molecule has 112 valence electrons. The molecule has 0 aliphatic rings. The summed E-state index contributed by atoms with van der Waals surface area (Å²) in [6.45, 7) is 5.43. The third-order valence-electron chi connectivity index (χ3n) is 3.13. The molecule has 1 atom stereocenters. The first-order chi connectivity index (χ1) is 9.25. The van der Waals surface area contributed by atoms with E-state index in [1.807, 2.05) is 45.0 Å². The fourth-order valence-electron chi connectivity index (χ4n) is 2.33. The molecule has 0 spiro atoms. The van der Waals surface area contributed by atoms with Crippen molar-refractivity contribution < 1.29 is 15.0 Å². The number of halogens is 1. The molecular weight excluding hydrogens is 322 g/mol. The molecule has 4 nitrogen and oxygen atoms in total. The molecule has 1 aromatic carbocycles. The quantitative estimate of drug-likeness (QED) is 0.891. The lowest BCUT2D eigenvalue weighted by Crippen LogP contribution is -2.57. The fraction of sp³-hybridized carbons (Fsp3) is 0.533. The van der Waals surface area contributed by atoms with E-state index in [0.717, 1.165) is 10.0 Å². The van der Waals surface area contributed by atoms with Crippen molar-refractivity contribution in [2.45, 2.75) is 45.2 Å². The topological polar surface area (TPSA) is 63.6 Å². The summed E-state index contributed by atoms with van der Waals surface area (Å²) in [4.78, 5) is 12.8. The Kier molecular flexibility index (Phi) is 6.02. The highest BCUT2D eigenvalue weighted by molar-refractivity contribution is 9.10. The van der Waals surface area contributed by atoms with E-state index in [-0.39, 0.29) is 12.6 Å². The molecule has 0 radical (unpaired) electrons. The maximum Gasteiger partial charge on any atom is 0.137 e. The molecule has 0 saturated heterocycles. The van der Waals surface area contributed by atoms with E-state index in [4.69, 9.17) is 0 Å². The summed E-state index contributed by atoms with van der Waals surface area (Å²) < 4.78 is 0.979. The van der Waals surface area contributed by atoms with Gasteiger partial charge in [-0.2, -0.15) is 0 Å². The number of nitrogens with zero attached hydrogens (tertiary/aromatic N) is 1. The summed E-state index contributed by atoms with van der Waals surface area (Å²) in [6.07, 6.45) is -0.256. The van der Waals surface area contributed by atoms with E-state index in [2.05, 4.69) is 15.9 Å². The summed E-state index contributed by atoms with van der Waals surface area (Å²) in [6, 6.07) is 7.44. The van der Waals surface area contributed by atoms with Gasteiger partial charge in [0.2, 0.25) is 0 Å². The number of aliphatic hydroxyl groups is 1. The number of aliphatic hydroxyl groups excluding tert-OH is 1. The number of amides is 1. The van der Waals surface area contributed by atoms with Crippen molar-refractivity contribution in [1.82, 2.24) is 4.90 Å². The number of hydrogen-bond donors (Lipinski definition) is 1. The third-order valence-corrected chi connectivity index (χ3v) is 3.66. The molecule has 0 heterocycles. The summed E-state index contributed by atoms with van der Waals surface area (Å²) >= 11 is 3.37. The van der Waals surface area contributed by atoms with E-state index in [1.165, 1.54) is 4.90 Å². The van der Waals surface area contributed by atoms with Crippen molar-refractivity contribution in [2.75, 3.05) is 6.61 Å². The zero-order chi connectivity index (χ0) is 15.3. The van der Waals surface area contributed by atoms with Crippen LogP contribution in [0.2, 0.25) is 0 Å². The van der Waals surface area contributed by atoms with Gasteiger partial charge in [0, 0.05) is 22.7 Å². The average Bonchev–Trinajstić information content (AvgIpc) is 2.30. The smallest absolute Gasteiger partial charge is 0.137 e. The van der Waals surface area contributed by atoms with Crippen LogP contribution in [0.25, 0.3) is 0 Å². The van der Waals surface area contributed by atoms with Crippen LogP contribution in [0.5, 0.6) is 0 Å². The van der Waals surface area contributed by atoms with Gasteiger partial charge < -0.3 is 19.9 Å². The monoisotopic (exact) mass is 342 g/mol. The molecular formula is C15H21BrNO3-. The summed E-state index contributed by atoms with van der Waals surface area (Å²) in [5.41, 5.74) is 0.468. The first-order valence-electron chi connectivity index (χ1n) is 6.61. The first-order valence-corrected chi connectivity index (χ1v) is 7.40. The molecule has 0 bridgehead atoms. The van der Waals surface area contributed by atoms with Crippen LogP contribution in [0.15, 0.2) is 28.7 Å². The third kappa shape index (κ3) is 4.80. The highest BCUT2D eigenvalue weighted by atomic mass is 79.9. The van der Waals surface area contributed by atoms with Crippen molar-refractivity contribution in [3.63, 3.8) is 0 Å². The lowest BCUT2D eigenvalue weighted by Gasteiger charge is -2.44. The molecule has 0 aliphatic heterocycles. The van der Waals surface area contributed by atoms with Crippen LogP contribution in [0.3, 0.4) is 0 Å². The second kappa shape index (κ2) is 7.09. The van der Waals surface area contributed by atoms with Gasteiger partial charge in [-0.05, 0) is 51.3 Å². The zero-order valence-corrected chi connectivity index (χ0v) is 13.7. The molecule has 0 fully saturated rings. The van der Waals surface area contributed by atoms with Crippen LogP contribution in [0.1, 0.15) is 32.8 Å². The molecule has 1 rings (SSSR count). The van der Waals surface area contributed by atoms with E-state index in [9.17, 15) is 15.0 Å². The van der Waals surface area contributed by atoms with E-state index < -0.39 is 11.6 Å². The molecule has 1 amide bonds. The molecule has 1 N–H and O–H groups in total. The van der Waals surface area contributed by atoms with Crippen LogP contribution >= 0.6 is 15.9 Å². The van der Waals surface area contributed by atoms with Gasteiger partial charge in [0.05, 0.1) is 0 Å². The maximum atomic E-state index is 11.4. The Morgan fingerprint density at radius 3 is 2.30 bits per heavy atom. The second-order valence-corrected chi connectivity index (χ2v) is 6.72. The van der Waals surface area contributed by atoms with Gasteiger partial charge in [-0.25, -0.2) is 0 Å². The second-order valence-electron chi connectivity index (χ2n) is 5.80. The predicted octanol–water partition coefficient (Wildman–Crippen LogP) is 2.19. The fourth-order valence-corrected chi connectivity index (χ4v) is 2.60. The number of benzene rings is 1. The molecule has 5 heteroatoms. The highest BCUT2D eigenvalue weighted by Gasteiger charge is 2.28. The number of hydrogen-bond acceptors (Lipinski definition) is 3. The predicted molar refractivity (Wildman–Crippen MR) is 80.3 cm³/mol. The van der Waals surface area contributed by atoms with Crippen molar-refractivity contribution in [2.24, 2.45) is 0 Å². The lowest BCUT2D eigenvalue weighted by atomic mass is 9.96. The summed E-state index contributed by atoms with van der Waals surface area (Å²) in [5.74, 6) is 0. The van der Waals surface area contributed by atoms with Gasteiger partial charge in [-0.1, -0.05) is 28.1 Å². The van der Waals surface area contributed by atoms with Crippen LogP contribution < -0.4 is 5.11 Å². The zero-order valence-electron chi connectivity index (χ0n) is 12.1. The SMILES string of the molecule is CC(C)(C)N(C(=O)[O-])[C@H](CCO)Cc1ccc(Br)cc1. The van der Waals surface area contributed by atoms with Crippen LogP contribution in [-0.2, 0) is 6.42 Å². The van der Waals surface area contributed by atoms with Gasteiger partial charge in [0.15, 0.2) is 0 Å². The van der Waals surface area contributed by atoms with Crippen molar-refractivity contribution in [3.8, 4) is 0 Å². The molecule has 0 aromatic heterocycles. The maximum absolute atomic E-state index is 11.4.